The lowest BCUT2D eigenvalue weighted by Gasteiger charge is -2.34. The van der Waals surface area contributed by atoms with Crippen LogP contribution in [0.5, 0.6) is 0 Å². The van der Waals surface area contributed by atoms with E-state index in [4.69, 9.17) is 4.99 Å². The molecule has 220 valence electrons. The Morgan fingerprint density at radius 1 is 0.457 bits per heavy atom. The smallest absolute Gasteiger partial charge is 0.0713 e. The number of benzene rings is 6. The summed E-state index contributed by atoms with van der Waals surface area (Å²) in [6, 6.07) is 59.4. The zero-order valence-corrected chi connectivity index (χ0v) is 26.0. The summed E-state index contributed by atoms with van der Waals surface area (Å²) in [7, 11) is 0. The van der Waals surface area contributed by atoms with Crippen molar-refractivity contribution in [3.8, 4) is 11.1 Å². The quantitative estimate of drug-likeness (QED) is 0.189. The lowest BCUT2D eigenvalue weighted by atomic mass is 9.67. The van der Waals surface area contributed by atoms with Crippen LogP contribution in [0.25, 0.3) is 22.4 Å². The van der Waals surface area contributed by atoms with Gasteiger partial charge in [-0.3, -0.25) is 0 Å². The van der Waals surface area contributed by atoms with Crippen molar-refractivity contribution < 1.29 is 0 Å². The van der Waals surface area contributed by atoms with Gasteiger partial charge in [-0.15, -0.1) is 0 Å². The lowest BCUT2D eigenvalue weighted by Crippen LogP contribution is -2.28. The van der Waals surface area contributed by atoms with Gasteiger partial charge in [0.1, 0.15) is 0 Å². The first-order chi connectivity index (χ1) is 22.7. The Hall–Kier alpha value is -5.53. The fraction of sp³-hybridized carbons (Fsp3) is 0.0889. The van der Waals surface area contributed by atoms with Gasteiger partial charge in [-0.2, -0.15) is 0 Å². The highest BCUT2D eigenvalue weighted by molar-refractivity contribution is 6.14. The second-order valence-corrected chi connectivity index (χ2v) is 12.3. The summed E-state index contributed by atoms with van der Waals surface area (Å²) in [6.45, 7) is 2.25. The molecule has 1 heterocycles. The molecule has 1 heteroatoms. The van der Waals surface area contributed by atoms with E-state index in [1.807, 2.05) is 0 Å². The maximum atomic E-state index is 5.43. The molecule has 0 radical (unpaired) electrons. The van der Waals surface area contributed by atoms with Crippen molar-refractivity contribution in [2.75, 3.05) is 0 Å². The normalized spacial score (nSPS) is 19.1. The molecule has 0 bridgehead atoms. The monoisotopic (exact) mass is 589 g/mol. The molecule has 0 fully saturated rings. The molecular formula is C45H35N. The van der Waals surface area contributed by atoms with E-state index in [2.05, 4.69) is 177 Å². The minimum absolute atomic E-state index is 0.400. The number of hydrogen-bond donors (Lipinski definition) is 0. The van der Waals surface area contributed by atoms with E-state index in [0.29, 0.717) is 0 Å². The second-order valence-electron chi connectivity index (χ2n) is 12.3. The third-order valence-electron chi connectivity index (χ3n) is 9.68. The second kappa shape index (κ2) is 11.8. The molecule has 0 aromatic heterocycles. The molecule has 0 N–H and O–H groups in total. The molecule has 8 rings (SSSR count). The molecule has 1 aliphatic heterocycles. The van der Waals surface area contributed by atoms with Crippen LogP contribution in [0.3, 0.4) is 0 Å². The van der Waals surface area contributed by atoms with Crippen LogP contribution >= 0.6 is 0 Å². The van der Waals surface area contributed by atoms with E-state index in [-0.39, 0.29) is 0 Å². The Kier molecular flexibility index (Phi) is 7.15. The van der Waals surface area contributed by atoms with Crippen molar-refractivity contribution in [2.24, 2.45) is 4.99 Å². The number of fused-ring (bicyclic) bond motifs is 3. The van der Waals surface area contributed by atoms with Crippen LogP contribution in [-0.2, 0) is 5.41 Å². The zero-order chi connectivity index (χ0) is 30.9. The van der Waals surface area contributed by atoms with Gasteiger partial charge in [0.2, 0.25) is 0 Å². The molecule has 0 amide bonds. The summed E-state index contributed by atoms with van der Waals surface area (Å²) >= 11 is 0. The Bertz CT molecular complexity index is 2070. The van der Waals surface area contributed by atoms with E-state index >= 15 is 0 Å². The Balaban J connectivity index is 1.28. The molecule has 1 aliphatic carbocycles. The van der Waals surface area contributed by atoms with Gasteiger partial charge in [0.15, 0.2) is 0 Å². The van der Waals surface area contributed by atoms with E-state index in [0.717, 1.165) is 35.4 Å². The molecule has 0 saturated heterocycles. The summed E-state index contributed by atoms with van der Waals surface area (Å²) in [5, 5.41) is 0. The van der Waals surface area contributed by atoms with E-state index in [1.54, 1.807) is 0 Å². The maximum absolute atomic E-state index is 5.43. The Labute approximate surface area is 272 Å². The first kappa shape index (κ1) is 28.0. The maximum Gasteiger partial charge on any atom is 0.0713 e. The van der Waals surface area contributed by atoms with Crippen LogP contribution < -0.4 is 0 Å². The summed E-state index contributed by atoms with van der Waals surface area (Å²) in [6.07, 6.45) is 4.22. The predicted octanol–water partition coefficient (Wildman–Crippen LogP) is 11.1. The highest BCUT2D eigenvalue weighted by atomic mass is 14.8. The molecule has 2 aliphatic rings. The van der Waals surface area contributed by atoms with Crippen LogP contribution in [-0.4, -0.2) is 5.71 Å². The molecule has 0 spiro atoms. The van der Waals surface area contributed by atoms with Crippen molar-refractivity contribution in [3.05, 3.63) is 214 Å². The van der Waals surface area contributed by atoms with E-state index in [1.165, 1.54) is 50.1 Å². The van der Waals surface area contributed by atoms with Crippen LogP contribution in [0.15, 0.2) is 180 Å². The molecule has 1 nitrogen and oxygen atoms in total. The highest BCUT2D eigenvalue weighted by Gasteiger charge is 2.45. The molecule has 46 heavy (non-hydrogen) atoms. The fourth-order valence-electron chi connectivity index (χ4n) is 7.46. The van der Waals surface area contributed by atoms with Crippen molar-refractivity contribution in [3.63, 3.8) is 0 Å². The minimum Gasteiger partial charge on any atom is -0.248 e. The van der Waals surface area contributed by atoms with Crippen LogP contribution in [0.1, 0.15) is 58.7 Å². The van der Waals surface area contributed by atoms with Crippen LogP contribution in [0.4, 0.5) is 0 Å². The third-order valence-corrected chi connectivity index (χ3v) is 9.68. The lowest BCUT2D eigenvalue weighted by molar-refractivity contribution is 0.768. The van der Waals surface area contributed by atoms with Gasteiger partial charge in [-0.25, -0.2) is 4.99 Å². The SMILES string of the molecule is C\C1=C(c2ccc(C3(c4ccccc4)c4ccccc4-c4ccccc43)cc2)/N=C(c2ccccc2)\C=C(\c2ccccc2)CC1. The van der Waals surface area contributed by atoms with Gasteiger partial charge >= 0.3 is 0 Å². The van der Waals surface area contributed by atoms with E-state index in [9.17, 15) is 0 Å². The molecule has 0 atom stereocenters. The van der Waals surface area contributed by atoms with E-state index < -0.39 is 5.41 Å². The summed E-state index contributed by atoms with van der Waals surface area (Å²) in [5.74, 6) is 0. The largest absolute Gasteiger partial charge is 0.248 e. The number of rotatable bonds is 5. The van der Waals surface area contributed by atoms with Gasteiger partial charge < -0.3 is 0 Å². The van der Waals surface area contributed by atoms with Crippen molar-refractivity contribution in [1.82, 2.24) is 0 Å². The van der Waals surface area contributed by atoms with Crippen molar-refractivity contribution in [1.29, 1.82) is 0 Å². The summed E-state index contributed by atoms with van der Waals surface area (Å²) in [5.41, 5.74) is 15.6. The van der Waals surface area contributed by atoms with Gasteiger partial charge in [0.05, 0.1) is 16.8 Å². The molecule has 6 aromatic rings. The summed E-state index contributed by atoms with van der Waals surface area (Å²) in [4.78, 5) is 5.43. The Morgan fingerprint density at radius 3 is 1.57 bits per heavy atom. The van der Waals surface area contributed by atoms with Gasteiger partial charge in [0.25, 0.3) is 0 Å². The average Bonchev–Trinajstić information content (AvgIpc) is 3.43. The van der Waals surface area contributed by atoms with Gasteiger partial charge in [-0.1, -0.05) is 164 Å². The first-order valence-corrected chi connectivity index (χ1v) is 16.2. The predicted molar refractivity (Wildman–Crippen MR) is 193 cm³/mol. The van der Waals surface area contributed by atoms with Crippen molar-refractivity contribution in [2.45, 2.75) is 25.2 Å². The molecule has 6 aromatic carbocycles. The summed E-state index contributed by atoms with van der Waals surface area (Å²) < 4.78 is 0. The van der Waals surface area contributed by atoms with Gasteiger partial charge in [-0.05, 0) is 75.9 Å². The average molecular weight is 590 g/mol. The van der Waals surface area contributed by atoms with Gasteiger partial charge in [0, 0.05) is 11.1 Å². The van der Waals surface area contributed by atoms with Crippen LogP contribution in [0.2, 0.25) is 0 Å². The molecular weight excluding hydrogens is 555 g/mol. The number of hydrogen-bond acceptors (Lipinski definition) is 1. The van der Waals surface area contributed by atoms with Crippen molar-refractivity contribution >= 4 is 17.0 Å². The number of aliphatic imine (C=N–C) groups is 1. The highest BCUT2D eigenvalue weighted by Crippen LogP contribution is 2.56. The zero-order valence-electron chi connectivity index (χ0n) is 26.0. The minimum atomic E-state index is -0.400. The standard InChI is InChI=1S/C45H35N/c1-32-25-26-36(33-15-5-2-6-16-33)31-43(34-17-7-3-8-18-34)46-44(32)35-27-29-38(30-28-35)45(37-19-9-4-10-20-37)41-23-13-11-21-39(41)40-22-12-14-24-42(40)45/h2-24,27-31H,25-26H2,1H3/b36-31+,44-32+,46-43+. The molecule has 0 saturated carbocycles. The van der Waals surface area contributed by atoms with Crippen LogP contribution in [0, 0.1) is 0 Å². The number of nitrogens with zero attached hydrogens (tertiary/aromatic N) is 1. The number of allylic oxidation sites excluding steroid dienone is 3. The fourth-order valence-corrected chi connectivity index (χ4v) is 7.46. The first-order valence-electron chi connectivity index (χ1n) is 16.2. The third kappa shape index (κ3) is 4.68. The molecule has 0 unspecified atom stereocenters. The Morgan fingerprint density at radius 2 is 0.957 bits per heavy atom. The topological polar surface area (TPSA) is 12.4 Å².